The van der Waals surface area contributed by atoms with Crippen LogP contribution in [0, 0.1) is 13.8 Å². The molecule has 0 bridgehead atoms. The molecule has 2 aromatic heterocycles. The second-order valence-corrected chi connectivity index (χ2v) is 13.4. The maximum atomic E-state index is 13.1. The van der Waals surface area contributed by atoms with Crippen molar-refractivity contribution in [1.82, 2.24) is 4.90 Å². The molecule has 1 amide bonds. The van der Waals surface area contributed by atoms with Crippen molar-refractivity contribution >= 4 is 57.5 Å². The molecule has 7 nitrogen and oxygen atoms in total. The highest BCUT2D eigenvalue weighted by atomic mass is 32.2. The normalized spacial score (nSPS) is 13.3. The van der Waals surface area contributed by atoms with E-state index in [0.29, 0.717) is 25.3 Å². The van der Waals surface area contributed by atoms with Gasteiger partial charge in [-0.2, -0.15) is 0 Å². The number of hydrogen-bond donors (Lipinski definition) is 0. The van der Waals surface area contributed by atoms with Crippen LogP contribution in [0.3, 0.4) is 0 Å². The maximum absolute atomic E-state index is 13.1. The second-order valence-electron chi connectivity index (χ2n) is 11.0. The van der Waals surface area contributed by atoms with Crippen molar-refractivity contribution in [2.24, 2.45) is 0 Å². The molecule has 3 heterocycles. The van der Waals surface area contributed by atoms with Gasteiger partial charge in [0.15, 0.2) is 0 Å². The average Bonchev–Trinajstić information content (AvgIpc) is 3.66. The van der Waals surface area contributed by atoms with E-state index >= 15 is 0 Å². The van der Waals surface area contributed by atoms with Crippen LogP contribution < -0.4 is 9.21 Å². The number of thiophene rings is 1. The van der Waals surface area contributed by atoms with Crippen molar-refractivity contribution < 1.29 is 18.7 Å². The van der Waals surface area contributed by atoms with E-state index in [2.05, 4.69) is 63.8 Å². The van der Waals surface area contributed by atoms with Gasteiger partial charge in [-0.15, -0.1) is 11.3 Å². The Hall–Kier alpha value is -4.21. The zero-order chi connectivity index (χ0) is 31.3. The number of esters is 1. The third kappa shape index (κ3) is 6.89. The summed E-state index contributed by atoms with van der Waals surface area (Å²) in [6, 6.07) is 29.1. The topological polar surface area (TPSA) is 66.2 Å². The molecule has 0 radical (unpaired) electrons. The van der Waals surface area contributed by atoms with E-state index in [-0.39, 0.29) is 11.7 Å². The second kappa shape index (κ2) is 13.8. The molecule has 0 N–H and O–H groups in total. The van der Waals surface area contributed by atoms with Gasteiger partial charge >= 0.3 is 5.97 Å². The smallest absolute Gasteiger partial charge is 0.374 e. The van der Waals surface area contributed by atoms with Crippen molar-refractivity contribution in [1.29, 1.82) is 0 Å². The Kier molecular flexibility index (Phi) is 9.47. The number of para-hydroxylation sites is 2. The highest BCUT2D eigenvalue weighted by Gasteiger charge is 2.26. The number of carbonyl (C=O) groups is 2. The van der Waals surface area contributed by atoms with Gasteiger partial charge in [-0.05, 0) is 87.2 Å². The zero-order valence-electron chi connectivity index (χ0n) is 25.8. The lowest BCUT2D eigenvalue weighted by molar-refractivity contribution is 0.0491. The van der Waals surface area contributed by atoms with Gasteiger partial charge in [0.05, 0.1) is 22.9 Å². The van der Waals surface area contributed by atoms with Crippen LogP contribution in [0.2, 0.25) is 0 Å². The SMILES string of the molecule is CCOC(=O)c1oc2ccc(SN(CCc3ccccc3)c3ccccc3N3CCN(C(=O)c4ccc(C)s4)CC3)cc2c1C. The molecule has 3 aromatic carbocycles. The van der Waals surface area contributed by atoms with Crippen molar-refractivity contribution in [3.63, 3.8) is 0 Å². The van der Waals surface area contributed by atoms with Gasteiger partial charge in [0.1, 0.15) is 5.58 Å². The first kappa shape index (κ1) is 30.8. The predicted molar refractivity (Wildman–Crippen MR) is 184 cm³/mol. The van der Waals surface area contributed by atoms with Gasteiger partial charge in [0, 0.05) is 53.4 Å². The average molecular weight is 640 g/mol. The highest BCUT2D eigenvalue weighted by molar-refractivity contribution is 8.00. The van der Waals surface area contributed by atoms with E-state index < -0.39 is 5.97 Å². The first-order chi connectivity index (χ1) is 21.9. The molecule has 5 aromatic rings. The molecule has 1 aliphatic heterocycles. The van der Waals surface area contributed by atoms with E-state index in [0.717, 1.165) is 63.0 Å². The van der Waals surface area contributed by atoms with Crippen LogP contribution in [0.1, 0.15) is 43.2 Å². The summed E-state index contributed by atoms with van der Waals surface area (Å²) >= 11 is 3.24. The molecule has 1 aliphatic rings. The summed E-state index contributed by atoms with van der Waals surface area (Å²) in [5, 5.41) is 0.904. The Morgan fingerprint density at radius 2 is 1.69 bits per heavy atom. The van der Waals surface area contributed by atoms with E-state index in [1.165, 1.54) is 5.56 Å². The summed E-state index contributed by atoms with van der Waals surface area (Å²) in [5.41, 5.74) is 5.01. The van der Waals surface area contributed by atoms with Gasteiger partial charge in [0.25, 0.3) is 5.91 Å². The van der Waals surface area contributed by atoms with Crippen LogP contribution in [-0.4, -0.2) is 56.1 Å². The van der Waals surface area contributed by atoms with Crippen LogP contribution in [0.4, 0.5) is 11.4 Å². The third-order valence-corrected chi connectivity index (χ3v) is 10.1. The summed E-state index contributed by atoms with van der Waals surface area (Å²) in [6.07, 6.45) is 0.880. The Balaban J connectivity index is 1.26. The van der Waals surface area contributed by atoms with Gasteiger partial charge in [-0.1, -0.05) is 42.5 Å². The number of amides is 1. The third-order valence-electron chi connectivity index (χ3n) is 8.04. The summed E-state index contributed by atoms with van der Waals surface area (Å²) in [4.78, 5) is 33.0. The van der Waals surface area contributed by atoms with Crippen molar-refractivity contribution in [3.8, 4) is 0 Å². The van der Waals surface area contributed by atoms with E-state index in [9.17, 15) is 9.59 Å². The number of fused-ring (bicyclic) bond motifs is 1. The number of furan rings is 1. The van der Waals surface area contributed by atoms with Crippen molar-refractivity contribution in [2.75, 3.05) is 48.5 Å². The molecule has 6 rings (SSSR count). The number of rotatable bonds is 10. The van der Waals surface area contributed by atoms with Crippen molar-refractivity contribution in [2.45, 2.75) is 32.1 Å². The highest BCUT2D eigenvalue weighted by Crippen LogP contribution is 2.39. The van der Waals surface area contributed by atoms with Crippen LogP contribution in [0.25, 0.3) is 11.0 Å². The minimum absolute atomic E-state index is 0.122. The van der Waals surface area contributed by atoms with Crippen LogP contribution in [0.15, 0.2) is 94.2 Å². The number of ether oxygens (including phenoxy) is 1. The molecule has 0 unspecified atom stereocenters. The number of carbonyl (C=O) groups excluding carboxylic acids is 2. The molecular weight excluding hydrogens is 603 g/mol. The Morgan fingerprint density at radius 3 is 2.42 bits per heavy atom. The lowest BCUT2D eigenvalue weighted by Crippen LogP contribution is -2.49. The maximum Gasteiger partial charge on any atom is 0.374 e. The number of benzene rings is 3. The van der Waals surface area contributed by atoms with Gasteiger partial charge < -0.3 is 23.3 Å². The zero-order valence-corrected chi connectivity index (χ0v) is 27.5. The van der Waals surface area contributed by atoms with Gasteiger partial charge in [0.2, 0.25) is 5.76 Å². The fourth-order valence-electron chi connectivity index (χ4n) is 5.66. The fraction of sp³-hybridized carbons (Fsp3) is 0.278. The standard InChI is InChI=1S/C36H37N3O4S2/c1-4-42-36(41)34-26(3)29-24-28(15-16-32(29)43-34)45-39(19-18-27-10-6-5-7-11-27)31-13-9-8-12-30(31)37-20-22-38(23-21-37)35(40)33-17-14-25(2)44-33/h5-17,24H,4,18-23H2,1-3H3. The molecule has 0 saturated carbocycles. The monoisotopic (exact) mass is 639 g/mol. The van der Waals surface area contributed by atoms with Crippen LogP contribution in [0.5, 0.6) is 0 Å². The first-order valence-corrected chi connectivity index (χ1v) is 16.9. The number of nitrogens with zero attached hydrogens (tertiary/aromatic N) is 3. The lowest BCUT2D eigenvalue weighted by atomic mass is 10.1. The largest absolute Gasteiger partial charge is 0.460 e. The number of anilines is 2. The van der Waals surface area contributed by atoms with E-state index in [1.807, 2.05) is 49.1 Å². The summed E-state index contributed by atoms with van der Waals surface area (Å²) in [6.45, 7) is 9.71. The van der Waals surface area contributed by atoms with E-state index in [1.54, 1.807) is 30.2 Å². The molecule has 1 fully saturated rings. The molecule has 0 aliphatic carbocycles. The molecule has 232 valence electrons. The first-order valence-electron chi connectivity index (χ1n) is 15.3. The summed E-state index contributed by atoms with van der Waals surface area (Å²) in [7, 11) is 0. The number of aryl methyl sites for hydroxylation is 2. The Morgan fingerprint density at radius 1 is 0.933 bits per heavy atom. The molecular formula is C36H37N3O4S2. The van der Waals surface area contributed by atoms with E-state index in [4.69, 9.17) is 9.15 Å². The van der Waals surface area contributed by atoms with Crippen molar-refractivity contribution in [3.05, 3.63) is 112 Å². The number of hydrogen-bond acceptors (Lipinski definition) is 8. The van der Waals surface area contributed by atoms with Crippen LogP contribution in [-0.2, 0) is 11.2 Å². The Bertz CT molecular complexity index is 1790. The fourth-order valence-corrected chi connectivity index (χ4v) is 7.49. The quantitative estimate of drug-likeness (QED) is 0.113. The molecule has 0 atom stereocenters. The van der Waals surface area contributed by atoms with Gasteiger partial charge in [-0.3, -0.25) is 4.79 Å². The predicted octanol–water partition coefficient (Wildman–Crippen LogP) is 8.01. The minimum atomic E-state index is -0.439. The summed E-state index contributed by atoms with van der Waals surface area (Å²) in [5.74, 6) is -0.0599. The lowest BCUT2D eigenvalue weighted by Gasteiger charge is -2.38. The molecule has 1 saturated heterocycles. The molecule has 0 spiro atoms. The van der Waals surface area contributed by atoms with Crippen LogP contribution >= 0.6 is 23.3 Å². The van der Waals surface area contributed by atoms with Gasteiger partial charge in [-0.25, -0.2) is 4.79 Å². The molecule has 9 heteroatoms. The Labute approximate surface area is 272 Å². The number of piperazine rings is 1. The molecule has 45 heavy (non-hydrogen) atoms. The summed E-state index contributed by atoms with van der Waals surface area (Å²) < 4.78 is 13.5. The minimum Gasteiger partial charge on any atom is -0.460 e.